The van der Waals surface area contributed by atoms with Crippen molar-refractivity contribution in [2.75, 3.05) is 24.7 Å². The molecule has 1 aromatic rings. The van der Waals surface area contributed by atoms with Gasteiger partial charge in [0.25, 0.3) is 0 Å². The zero-order valence-electron chi connectivity index (χ0n) is 11.3. The van der Waals surface area contributed by atoms with Crippen molar-refractivity contribution < 1.29 is 13.2 Å². The second-order valence-corrected chi connectivity index (χ2v) is 7.13. The van der Waals surface area contributed by atoms with Crippen LogP contribution in [0.1, 0.15) is 18.9 Å². The van der Waals surface area contributed by atoms with Crippen LogP contribution in [0.4, 0.5) is 0 Å². The van der Waals surface area contributed by atoms with Gasteiger partial charge in [-0.1, -0.05) is 19.1 Å². The van der Waals surface area contributed by atoms with Crippen LogP contribution >= 0.6 is 0 Å². The van der Waals surface area contributed by atoms with Crippen LogP contribution < -0.4 is 10.1 Å². The second-order valence-electron chi connectivity index (χ2n) is 4.90. The Labute approximate surface area is 115 Å². The molecule has 106 valence electrons. The van der Waals surface area contributed by atoms with E-state index in [4.69, 9.17) is 4.74 Å². The number of ether oxygens (including phenoxy) is 1. The summed E-state index contributed by atoms with van der Waals surface area (Å²) in [6, 6.07) is 8.16. The van der Waals surface area contributed by atoms with Crippen molar-refractivity contribution >= 4 is 9.84 Å². The first-order valence-electron chi connectivity index (χ1n) is 6.74. The zero-order chi connectivity index (χ0) is 13.7. The van der Waals surface area contributed by atoms with Gasteiger partial charge < -0.3 is 10.1 Å². The van der Waals surface area contributed by atoms with E-state index in [2.05, 4.69) is 24.4 Å². The molecule has 1 aromatic carbocycles. The molecular weight excluding hydrogens is 262 g/mol. The van der Waals surface area contributed by atoms with E-state index >= 15 is 0 Å². The van der Waals surface area contributed by atoms with Crippen molar-refractivity contribution in [1.29, 1.82) is 0 Å². The number of hydrogen-bond donors (Lipinski definition) is 1. The van der Waals surface area contributed by atoms with Crippen molar-refractivity contribution in [3.63, 3.8) is 0 Å². The van der Waals surface area contributed by atoms with E-state index in [-0.39, 0.29) is 11.8 Å². The summed E-state index contributed by atoms with van der Waals surface area (Å²) >= 11 is 0. The first kappa shape index (κ1) is 14.3. The molecule has 1 saturated heterocycles. The van der Waals surface area contributed by atoms with Crippen molar-refractivity contribution in [2.45, 2.75) is 25.8 Å². The molecule has 1 aliphatic heterocycles. The highest BCUT2D eigenvalue weighted by Gasteiger charge is 2.26. The minimum absolute atomic E-state index is 0.0936. The summed E-state index contributed by atoms with van der Waals surface area (Å²) in [6.07, 6.45) is 1.74. The van der Waals surface area contributed by atoms with Crippen LogP contribution in [0.2, 0.25) is 0 Å². The fraction of sp³-hybridized carbons (Fsp3) is 0.571. The van der Waals surface area contributed by atoms with E-state index in [1.54, 1.807) is 0 Å². The molecule has 1 fully saturated rings. The molecule has 0 aliphatic carbocycles. The fourth-order valence-corrected chi connectivity index (χ4v) is 3.92. The zero-order valence-corrected chi connectivity index (χ0v) is 12.1. The molecule has 1 unspecified atom stereocenters. The Morgan fingerprint density at radius 2 is 2.05 bits per heavy atom. The number of sulfone groups is 1. The third-order valence-corrected chi connectivity index (χ3v) is 5.14. The average Bonchev–Trinajstić information content (AvgIpc) is 2.75. The monoisotopic (exact) mass is 283 g/mol. The number of hydrogen-bond acceptors (Lipinski definition) is 4. The molecule has 19 heavy (non-hydrogen) atoms. The molecule has 0 spiro atoms. The van der Waals surface area contributed by atoms with Crippen molar-refractivity contribution in [2.24, 2.45) is 0 Å². The van der Waals surface area contributed by atoms with E-state index < -0.39 is 9.84 Å². The Morgan fingerprint density at radius 3 is 2.63 bits per heavy atom. The molecule has 0 saturated carbocycles. The third-order valence-electron chi connectivity index (χ3n) is 3.37. The highest BCUT2D eigenvalue weighted by molar-refractivity contribution is 7.91. The summed E-state index contributed by atoms with van der Waals surface area (Å²) in [4.78, 5) is 0. The van der Waals surface area contributed by atoms with Crippen molar-refractivity contribution in [3.05, 3.63) is 29.8 Å². The summed E-state index contributed by atoms with van der Waals surface area (Å²) in [7, 11) is -2.80. The van der Waals surface area contributed by atoms with E-state index in [1.807, 2.05) is 12.1 Å². The van der Waals surface area contributed by atoms with Gasteiger partial charge in [-0.3, -0.25) is 0 Å². The first-order valence-corrected chi connectivity index (χ1v) is 8.57. The quantitative estimate of drug-likeness (QED) is 0.802. The second kappa shape index (κ2) is 6.39. The molecule has 2 rings (SSSR count). The number of aryl methyl sites for hydroxylation is 1. The average molecular weight is 283 g/mol. The Balaban J connectivity index is 1.66. The van der Waals surface area contributed by atoms with Crippen LogP contribution in [0.3, 0.4) is 0 Å². The smallest absolute Gasteiger partial charge is 0.151 e. The van der Waals surface area contributed by atoms with Gasteiger partial charge in [0.15, 0.2) is 9.84 Å². The lowest BCUT2D eigenvalue weighted by atomic mass is 10.2. The lowest BCUT2D eigenvalue weighted by Gasteiger charge is -2.11. The Kier molecular flexibility index (Phi) is 4.82. The van der Waals surface area contributed by atoms with E-state index in [1.165, 1.54) is 5.56 Å². The molecule has 0 amide bonds. The highest BCUT2D eigenvalue weighted by Crippen LogP contribution is 2.13. The Bertz CT molecular complexity index is 496. The number of benzene rings is 1. The van der Waals surface area contributed by atoms with Crippen LogP contribution in [0, 0.1) is 0 Å². The molecule has 0 aromatic heterocycles. The van der Waals surface area contributed by atoms with Gasteiger partial charge in [-0.2, -0.15) is 0 Å². The van der Waals surface area contributed by atoms with E-state index in [9.17, 15) is 8.42 Å². The van der Waals surface area contributed by atoms with Crippen molar-refractivity contribution in [3.8, 4) is 5.75 Å². The predicted octanol–water partition coefficient (Wildman–Crippen LogP) is 1.40. The fourth-order valence-electron chi connectivity index (χ4n) is 2.21. The standard InChI is InChI=1S/C14H21NO3S/c1-2-12-3-5-14(6-4-12)18-9-8-15-13-7-10-19(16,17)11-13/h3-6,13,15H,2,7-11H2,1H3. The summed E-state index contributed by atoms with van der Waals surface area (Å²) in [6.45, 7) is 3.35. The normalized spacial score (nSPS) is 21.4. The molecule has 1 aliphatic rings. The van der Waals surface area contributed by atoms with Crippen LogP contribution in [-0.4, -0.2) is 39.1 Å². The number of nitrogens with one attached hydrogen (secondary N) is 1. The van der Waals surface area contributed by atoms with Crippen LogP contribution in [-0.2, 0) is 16.3 Å². The molecule has 5 heteroatoms. The SMILES string of the molecule is CCc1ccc(OCCNC2CCS(=O)(=O)C2)cc1. The molecule has 1 N–H and O–H groups in total. The predicted molar refractivity (Wildman–Crippen MR) is 76.4 cm³/mol. The van der Waals surface area contributed by atoms with Gasteiger partial charge in [-0.25, -0.2) is 8.42 Å². The van der Waals surface area contributed by atoms with Gasteiger partial charge >= 0.3 is 0 Å². The minimum atomic E-state index is -2.80. The lowest BCUT2D eigenvalue weighted by molar-refractivity contribution is 0.307. The molecular formula is C14H21NO3S. The minimum Gasteiger partial charge on any atom is -0.492 e. The number of rotatable bonds is 6. The Morgan fingerprint density at radius 1 is 1.32 bits per heavy atom. The topological polar surface area (TPSA) is 55.4 Å². The van der Waals surface area contributed by atoms with E-state index in [0.717, 1.165) is 12.2 Å². The van der Waals surface area contributed by atoms with Gasteiger partial charge in [0.05, 0.1) is 11.5 Å². The van der Waals surface area contributed by atoms with E-state index in [0.29, 0.717) is 25.3 Å². The van der Waals surface area contributed by atoms with Crippen LogP contribution in [0.5, 0.6) is 5.75 Å². The summed E-state index contributed by atoms with van der Waals surface area (Å²) in [5.74, 6) is 1.43. The van der Waals surface area contributed by atoms with Gasteiger partial charge in [0.2, 0.25) is 0 Å². The maximum Gasteiger partial charge on any atom is 0.151 e. The molecule has 0 bridgehead atoms. The molecule has 0 radical (unpaired) electrons. The maximum atomic E-state index is 11.3. The molecule has 1 heterocycles. The van der Waals surface area contributed by atoms with Crippen LogP contribution in [0.25, 0.3) is 0 Å². The summed E-state index contributed by atoms with van der Waals surface area (Å²) in [5, 5.41) is 3.23. The first-order chi connectivity index (χ1) is 9.09. The molecule has 4 nitrogen and oxygen atoms in total. The van der Waals surface area contributed by atoms with Crippen LogP contribution in [0.15, 0.2) is 24.3 Å². The van der Waals surface area contributed by atoms with Gasteiger partial charge in [0, 0.05) is 12.6 Å². The largest absolute Gasteiger partial charge is 0.492 e. The van der Waals surface area contributed by atoms with Gasteiger partial charge in [0.1, 0.15) is 12.4 Å². The lowest BCUT2D eigenvalue weighted by Crippen LogP contribution is -2.33. The Hall–Kier alpha value is -1.07. The summed E-state index contributed by atoms with van der Waals surface area (Å²) < 4.78 is 28.2. The maximum absolute atomic E-state index is 11.3. The van der Waals surface area contributed by atoms with Crippen molar-refractivity contribution in [1.82, 2.24) is 5.32 Å². The van der Waals surface area contributed by atoms with Gasteiger partial charge in [-0.05, 0) is 30.5 Å². The molecule has 1 atom stereocenters. The third kappa shape index (κ3) is 4.51. The highest BCUT2D eigenvalue weighted by atomic mass is 32.2. The van der Waals surface area contributed by atoms with Gasteiger partial charge in [-0.15, -0.1) is 0 Å². The summed E-state index contributed by atoms with van der Waals surface area (Å²) in [5.41, 5.74) is 1.29.